The van der Waals surface area contributed by atoms with Gasteiger partial charge >= 0.3 is 0 Å². The lowest BCUT2D eigenvalue weighted by molar-refractivity contribution is -0.118. The van der Waals surface area contributed by atoms with Crippen molar-refractivity contribution >= 4 is 52.4 Å². The number of hydrogen-bond acceptors (Lipinski definition) is 6. The van der Waals surface area contributed by atoms with Crippen LogP contribution in [0.1, 0.15) is 0 Å². The molecule has 1 aromatic carbocycles. The molecule has 0 saturated heterocycles. The summed E-state index contributed by atoms with van der Waals surface area (Å²) in [6.07, 6.45) is 0. The molecule has 0 fully saturated rings. The highest BCUT2D eigenvalue weighted by atomic mass is 35.5. The van der Waals surface area contributed by atoms with E-state index in [1.807, 2.05) is 41.8 Å². The first-order valence-electron chi connectivity index (χ1n) is 7.45. The summed E-state index contributed by atoms with van der Waals surface area (Å²) in [5, 5.41) is 13.2. The summed E-state index contributed by atoms with van der Waals surface area (Å²) in [5.74, 6) is 1.82. The number of aromatic nitrogens is 3. The number of carbonyl (C=O) groups excluding carboxylic acids is 1. The molecule has 130 valence electrons. The summed E-state index contributed by atoms with van der Waals surface area (Å²) in [6.45, 7) is 0.612. The van der Waals surface area contributed by atoms with Gasteiger partial charge in [-0.15, -0.1) is 28.2 Å². The zero-order valence-electron chi connectivity index (χ0n) is 13.1. The first-order valence-corrected chi connectivity index (χ1v) is 10.7. The Morgan fingerprint density at radius 2 is 2.08 bits per heavy atom. The molecule has 9 heteroatoms. The second-order valence-corrected chi connectivity index (χ2v) is 8.38. The lowest BCUT2D eigenvalue weighted by atomic mass is 10.4. The first kappa shape index (κ1) is 18.3. The van der Waals surface area contributed by atoms with E-state index in [0.29, 0.717) is 17.5 Å². The average Bonchev–Trinajstić information content (AvgIpc) is 3.29. The van der Waals surface area contributed by atoms with Crippen LogP contribution < -0.4 is 5.32 Å². The molecule has 1 amide bonds. The summed E-state index contributed by atoms with van der Waals surface area (Å²) >= 11 is 10.4. The number of thioether (sulfide) groups is 2. The normalized spacial score (nSPS) is 10.8. The summed E-state index contributed by atoms with van der Waals surface area (Å²) in [6, 6.07) is 11.6. The average molecular weight is 411 g/mol. The van der Waals surface area contributed by atoms with Gasteiger partial charge in [0, 0.05) is 22.2 Å². The topological polar surface area (TPSA) is 70.7 Å². The maximum atomic E-state index is 11.9. The number of amides is 1. The van der Waals surface area contributed by atoms with Gasteiger partial charge in [-0.25, -0.2) is 4.98 Å². The second kappa shape index (κ2) is 9.28. The molecule has 0 aliphatic heterocycles. The minimum Gasteiger partial charge on any atom is -0.355 e. The van der Waals surface area contributed by atoms with E-state index in [0.717, 1.165) is 26.4 Å². The third-order valence-electron chi connectivity index (χ3n) is 3.06. The van der Waals surface area contributed by atoms with Crippen molar-refractivity contribution in [3.63, 3.8) is 0 Å². The van der Waals surface area contributed by atoms with Gasteiger partial charge in [-0.05, 0) is 35.7 Å². The fraction of sp³-hybridized carbons (Fsp3) is 0.188. The van der Waals surface area contributed by atoms with E-state index in [4.69, 9.17) is 11.6 Å². The number of aromatic amines is 1. The van der Waals surface area contributed by atoms with Crippen molar-refractivity contribution in [2.24, 2.45) is 0 Å². The number of nitrogens with zero attached hydrogens (tertiary/aromatic N) is 2. The van der Waals surface area contributed by atoms with Crippen LogP contribution in [0.3, 0.4) is 0 Å². The molecule has 0 spiro atoms. The SMILES string of the molecule is O=C(CSc1n[nH]c(-c2cccs2)n1)NCCSc1ccc(Cl)cc1. The minimum atomic E-state index is -0.0239. The molecule has 0 radical (unpaired) electrons. The van der Waals surface area contributed by atoms with E-state index in [9.17, 15) is 4.79 Å². The Hall–Kier alpha value is -1.48. The molecular formula is C16H15ClN4OS3. The highest BCUT2D eigenvalue weighted by Crippen LogP contribution is 2.23. The molecule has 0 atom stereocenters. The number of hydrogen-bond donors (Lipinski definition) is 2. The van der Waals surface area contributed by atoms with Gasteiger partial charge in [0.1, 0.15) is 0 Å². The molecule has 2 heterocycles. The Labute approximate surface area is 163 Å². The van der Waals surface area contributed by atoms with Crippen LogP contribution >= 0.6 is 46.5 Å². The number of benzene rings is 1. The molecule has 5 nitrogen and oxygen atoms in total. The van der Waals surface area contributed by atoms with Gasteiger partial charge in [0.05, 0.1) is 10.6 Å². The third kappa shape index (κ3) is 5.78. The largest absolute Gasteiger partial charge is 0.355 e. The van der Waals surface area contributed by atoms with E-state index < -0.39 is 0 Å². The Balaban J connectivity index is 1.35. The fourth-order valence-electron chi connectivity index (χ4n) is 1.91. The number of H-pyrrole nitrogens is 1. The Morgan fingerprint density at radius 3 is 2.84 bits per heavy atom. The Bertz CT molecular complexity index is 805. The van der Waals surface area contributed by atoms with Crippen LogP contribution in [0, 0.1) is 0 Å². The number of halogens is 1. The van der Waals surface area contributed by atoms with Crippen LogP contribution in [0.25, 0.3) is 10.7 Å². The van der Waals surface area contributed by atoms with Crippen LogP contribution in [0.2, 0.25) is 5.02 Å². The minimum absolute atomic E-state index is 0.0239. The van der Waals surface area contributed by atoms with Crippen molar-refractivity contribution in [2.45, 2.75) is 10.1 Å². The van der Waals surface area contributed by atoms with Gasteiger partial charge in [-0.1, -0.05) is 29.4 Å². The molecule has 2 N–H and O–H groups in total. The predicted molar refractivity (Wildman–Crippen MR) is 106 cm³/mol. The summed E-state index contributed by atoms with van der Waals surface area (Å²) < 4.78 is 0. The van der Waals surface area contributed by atoms with E-state index >= 15 is 0 Å². The van der Waals surface area contributed by atoms with E-state index in [2.05, 4.69) is 20.5 Å². The molecule has 0 unspecified atom stereocenters. The number of rotatable bonds is 8. The summed E-state index contributed by atoms with van der Waals surface area (Å²) in [7, 11) is 0. The van der Waals surface area contributed by atoms with Gasteiger partial charge in [-0.3, -0.25) is 9.89 Å². The molecule has 0 bridgehead atoms. The maximum Gasteiger partial charge on any atom is 0.230 e. The second-order valence-electron chi connectivity index (χ2n) is 4.88. The van der Waals surface area contributed by atoms with Crippen molar-refractivity contribution in [1.29, 1.82) is 0 Å². The highest BCUT2D eigenvalue weighted by Gasteiger charge is 2.09. The quantitative estimate of drug-likeness (QED) is 0.430. The van der Waals surface area contributed by atoms with E-state index in [-0.39, 0.29) is 5.91 Å². The van der Waals surface area contributed by atoms with E-state index in [1.54, 1.807) is 23.1 Å². The molecule has 3 rings (SSSR count). The van der Waals surface area contributed by atoms with Crippen molar-refractivity contribution in [3.8, 4) is 10.7 Å². The molecule has 3 aromatic rings. The van der Waals surface area contributed by atoms with Gasteiger partial charge in [0.2, 0.25) is 11.1 Å². The Morgan fingerprint density at radius 1 is 1.24 bits per heavy atom. The molecule has 0 aliphatic carbocycles. The first-order chi connectivity index (χ1) is 12.2. The molecule has 0 saturated carbocycles. The monoisotopic (exact) mass is 410 g/mol. The summed E-state index contributed by atoms with van der Waals surface area (Å²) in [5.41, 5.74) is 0. The van der Waals surface area contributed by atoms with Crippen LogP contribution in [0.4, 0.5) is 0 Å². The van der Waals surface area contributed by atoms with Gasteiger partial charge in [0.25, 0.3) is 0 Å². The maximum absolute atomic E-state index is 11.9. The van der Waals surface area contributed by atoms with Crippen molar-refractivity contribution in [2.75, 3.05) is 18.1 Å². The van der Waals surface area contributed by atoms with Crippen molar-refractivity contribution < 1.29 is 4.79 Å². The molecule has 2 aromatic heterocycles. The highest BCUT2D eigenvalue weighted by molar-refractivity contribution is 7.99. The summed E-state index contributed by atoms with van der Waals surface area (Å²) in [4.78, 5) is 18.4. The predicted octanol–water partition coefficient (Wildman–Crippen LogP) is 4.19. The fourth-order valence-corrected chi connectivity index (χ4v) is 4.09. The lowest BCUT2D eigenvalue weighted by Gasteiger charge is -2.04. The molecule has 0 aliphatic rings. The number of thiophene rings is 1. The zero-order valence-corrected chi connectivity index (χ0v) is 16.3. The van der Waals surface area contributed by atoms with Crippen LogP contribution in [0.15, 0.2) is 51.8 Å². The standard InChI is InChI=1S/C16H15ClN4OS3/c17-11-3-5-12(6-4-11)23-9-7-18-14(22)10-25-16-19-15(20-21-16)13-2-1-8-24-13/h1-6,8H,7,9-10H2,(H,18,22)(H,19,20,21). The smallest absolute Gasteiger partial charge is 0.230 e. The number of nitrogens with one attached hydrogen (secondary N) is 2. The third-order valence-corrected chi connectivity index (χ3v) is 6.05. The van der Waals surface area contributed by atoms with Crippen LogP contribution in [-0.2, 0) is 4.79 Å². The Kier molecular flexibility index (Phi) is 6.80. The van der Waals surface area contributed by atoms with Gasteiger partial charge < -0.3 is 5.32 Å². The zero-order chi connectivity index (χ0) is 17.5. The van der Waals surface area contributed by atoms with Crippen molar-refractivity contribution in [1.82, 2.24) is 20.5 Å². The molecular weight excluding hydrogens is 396 g/mol. The van der Waals surface area contributed by atoms with Gasteiger partial charge in [0.15, 0.2) is 5.82 Å². The van der Waals surface area contributed by atoms with E-state index in [1.165, 1.54) is 11.8 Å². The van der Waals surface area contributed by atoms with Crippen LogP contribution in [0.5, 0.6) is 0 Å². The van der Waals surface area contributed by atoms with Gasteiger partial charge in [-0.2, -0.15) is 0 Å². The molecule has 25 heavy (non-hydrogen) atoms. The van der Waals surface area contributed by atoms with Crippen LogP contribution in [-0.4, -0.2) is 39.1 Å². The lowest BCUT2D eigenvalue weighted by Crippen LogP contribution is -2.27. The number of carbonyl (C=O) groups is 1. The van der Waals surface area contributed by atoms with Crippen molar-refractivity contribution in [3.05, 3.63) is 46.8 Å².